The summed E-state index contributed by atoms with van der Waals surface area (Å²) < 4.78 is 5.63. The van der Waals surface area contributed by atoms with E-state index in [1.165, 1.54) is 19.3 Å². The molecule has 0 spiro atoms. The molecule has 1 amide bonds. The van der Waals surface area contributed by atoms with Crippen LogP contribution >= 0.6 is 24.0 Å². The lowest BCUT2D eigenvalue weighted by atomic mass is 9.95. The molecule has 1 fully saturated rings. The standard InChI is InChI=1S/C23H38N4O3.HI/c1-4-24-23(25-15-14-22(29)27-19-8-6-5-7-9-19)26-16-21(28)18-10-12-20(13-11-18)30-17(2)3;/h10-13,17,19,21,28H,4-9,14-16H2,1-3H3,(H,27,29)(H2,24,25,26);1H. The van der Waals surface area contributed by atoms with Gasteiger partial charge in [0.2, 0.25) is 5.91 Å². The quantitative estimate of drug-likeness (QED) is 0.205. The number of halogens is 1. The number of aliphatic imine (C=N–C) groups is 1. The molecule has 7 nitrogen and oxygen atoms in total. The minimum absolute atomic E-state index is 0. The molecule has 1 aliphatic carbocycles. The van der Waals surface area contributed by atoms with Gasteiger partial charge in [0.1, 0.15) is 5.75 Å². The van der Waals surface area contributed by atoms with E-state index in [1.807, 2.05) is 45.0 Å². The van der Waals surface area contributed by atoms with E-state index < -0.39 is 6.10 Å². The highest BCUT2D eigenvalue weighted by atomic mass is 127. The average Bonchev–Trinajstić information content (AvgIpc) is 2.72. The van der Waals surface area contributed by atoms with Gasteiger partial charge < -0.3 is 25.8 Å². The zero-order valence-electron chi connectivity index (χ0n) is 19.0. The fourth-order valence-electron chi connectivity index (χ4n) is 3.51. The summed E-state index contributed by atoms with van der Waals surface area (Å²) in [5.74, 6) is 1.46. The van der Waals surface area contributed by atoms with Crippen LogP contribution < -0.4 is 20.7 Å². The second-order valence-electron chi connectivity index (χ2n) is 8.05. The van der Waals surface area contributed by atoms with Crippen LogP contribution in [0.5, 0.6) is 5.75 Å². The Balaban J connectivity index is 0.00000480. The monoisotopic (exact) mass is 546 g/mol. The molecule has 0 heterocycles. The average molecular weight is 546 g/mol. The summed E-state index contributed by atoms with van der Waals surface area (Å²) in [7, 11) is 0. The van der Waals surface area contributed by atoms with E-state index in [1.54, 1.807) is 0 Å². The number of aliphatic hydroxyl groups is 1. The molecule has 0 aliphatic heterocycles. The van der Waals surface area contributed by atoms with E-state index in [0.29, 0.717) is 31.5 Å². The fourth-order valence-corrected chi connectivity index (χ4v) is 3.51. The molecule has 1 unspecified atom stereocenters. The largest absolute Gasteiger partial charge is 0.491 e. The number of hydrogen-bond donors (Lipinski definition) is 4. The van der Waals surface area contributed by atoms with Crippen molar-refractivity contribution in [3.05, 3.63) is 29.8 Å². The molecule has 1 saturated carbocycles. The first-order chi connectivity index (χ1) is 14.5. The third-order valence-corrected chi connectivity index (χ3v) is 5.02. The van der Waals surface area contributed by atoms with E-state index >= 15 is 0 Å². The summed E-state index contributed by atoms with van der Waals surface area (Å²) in [5, 5.41) is 19.9. The first-order valence-electron chi connectivity index (χ1n) is 11.2. The smallest absolute Gasteiger partial charge is 0.221 e. The zero-order valence-corrected chi connectivity index (χ0v) is 21.4. The van der Waals surface area contributed by atoms with Crippen LogP contribution in [0.3, 0.4) is 0 Å². The second kappa shape index (κ2) is 15.3. The first-order valence-corrected chi connectivity index (χ1v) is 11.2. The minimum Gasteiger partial charge on any atom is -0.491 e. The Labute approximate surface area is 203 Å². The topological polar surface area (TPSA) is 95.0 Å². The van der Waals surface area contributed by atoms with Gasteiger partial charge in [0, 0.05) is 25.6 Å². The van der Waals surface area contributed by atoms with Crippen molar-refractivity contribution < 1.29 is 14.6 Å². The van der Waals surface area contributed by atoms with Crippen LogP contribution in [0.4, 0.5) is 0 Å². The molecule has 1 aromatic carbocycles. The van der Waals surface area contributed by atoms with Gasteiger partial charge in [0.15, 0.2) is 5.96 Å². The van der Waals surface area contributed by atoms with Gasteiger partial charge in [-0.05, 0) is 51.3 Å². The molecule has 1 aliphatic rings. The van der Waals surface area contributed by atoms with E-state index in [9.17, 15) is 9.90 Å². The number of nitrogens with zero attached hydrogens (tertiary/aromatic N) is 1. The van der Waals surface area contributed by atoms with Crippen molar-refractivity contribution in [3.8, 4) is 5.75 Å². The number of rotatable bonds is 10. The van der Waals surface area contributed by atoms with Crippen LogP contribution in [-0.2, 0) is 4.79 Å². The number of benzene rings is 1. The van der Waals surface area contributed by atoms with Crippen molar-refractivity contribution >= 4 is 35.8 Å². The van der Waals surface area contributed by atoms with Crippen molar-refractivity contribution in [1.82, 2.24) is 16.0 Å². The Morgan fingerprint density at radius 1 is 1.16 bits per heavy atom. The van der Waals surface area contributed by atoms with Crippen LogP contribution in [0.15, 0.2) is 29.3 Å². The molecule has 0 bridgehead atoms. The van der Waals surface area contributed by atoms with Gasteiger partial charge in [0.05, 0.1) is 18.8 Å². The number of amides is 1. The number of aliphatic hydroxyl groups excluding tert-OH is 1. The molecule has 176 valence electrons. The molecule has 1 aromatic rings. The van der Waals surface area contributed by atoms with Gasteiger partial charge in [0.25, 0.3) is 0 Å². The highest BCUT2D eigenvalue weighted by molar-refractivity contribution is 14.0. The molecular formula is C23H39IN4O3. The first kappa shape index (κ1) is 27.5. The van der Waals surface area contributed by atoms with Crippen molar-refractivity contribution in [3.63, 3.8) is 0 Å². The molecule has 4 N–H and O–H groups in total. The van der Waals surface area contributed by atoms with Gasteiger partial charge in [-0.25, -0.2) is 0 Å². The summed E-state index contributed by atoms with van der Waals surface area (Å²) in [6, 6.07) is 7.76. The predicted octanol–water partition coefficient (Wildman–Crippen LogP) is 3.52. The van der Waals surface area contributed by atoms with E-state index in [0.717, 1.165) is 24.2 Å². The predicted molar refractivity (Wildman–Crippen MR) is 136 cm³/mol. The van der Waals surface area contributed by atoms with Gasteiger partial charge in [-0.2, -0.15) is 0 Å². The molecule has 0 saturated heterocycles. The summed E-state index contributed by atoms with van der Waals surface area (Å²) in [4.78, 5) is 16.6. The van der Waals surface area contributed by atoms with Gasteiger partial charge in [-0.15, -0.1) is 24.0 Å². The third kappa shape index (κ3) is 11.0. The van der Waals surface area contributed by atoms with Crippen molar-refractivity contribution in [2.45, 2.75) is 77.5 Å². The third-order valence-electron chi connectivity index (χ3n) is 5.02. The normalized spacial score (nSPS) is 15.7. The van der Waals surface area contributed by atoms with E-state index in [-0.39, 0.29) is 42.5 Å². The maximum atomic E-state index is 12.1. The Morgan fingerprint density at radius 2 is 1.84 bits per heavy atom. The number of ether oxygens (including phenoxy) is 1. The summed E-state index contributed by atoms with van der Waals surface area (Å²) in [6.07, 6.45) is 5.68. The van der Waals surface area contributed by atoms with E-state index in [4.69, 9.17) is 4.74 Å². The molecule has 1 atom stereocenters. The van der Waals surface area contributed by atoms with Crippen LogP contribution in [-0.4, -0.2) is 48.8 Å². The lowest BCUT2D eigenvalue weighted by Gasteiger charge is -2.22. The minimum atomic E-state index is -0.705. The Morgan fingerprint density at radius 3 is 2.45 bits per heavy atom. The zero-order chi connectivity index (χ0) is 21.8. The van der Waals surface area contributed by atoms with Crippen LogP contribution in [0.1, 0.15) is 71.0 Å². The highest BCUT2D eigenvalue weighted by Crippen LogP contribution is 2.19. The Hall–Kier alpha value is -1.55. The van der Waals surface area contributed by atoms with Gasteiger partial charge >= 0.3 is 0 Å². The van der Waals surface area contributed by atoms with Crippen molar-refractivity contribution in [1.29, 1.82) is 0 Å². The number of carbonyl (C=O) groups excluding carboxylic acids is 1. The molecular weight excluding hydrogens is 507 g/mol. The number of carbonyl (C=O) groups is 1. The summed E-state index contributed by atoms with van der Waals surface area (Å²) in [6.45, 7) is 7.38. The molecule has 0 aromatic heterocycles. The molecule has 31 heavy (non-hydrogen) atoms. The van der Waals surface area contributed by atoms with Crippen LogP contribution in [0, 0.1) is 0 Å². The summed E-state index contributed by atoms with van der Waals surface area (Å²) >= 11 is 0. The summed E-state index contributed by atoms with van der Waals surface area (Å²) in [5.41, 5.74) is 0.789. The van der Waals surface area contributed by atoms with E-state index in [2.05, 4.69) is 20.9 Å². The lowest BCUT2D eigenvalue weighted by molar-refractivity contribution is -0.121. The van der Waals surface area contributed by atoms with Crippen LogP contribution in [0.25, 0.3) is 0 Å². The van der Waals surface area contributed by atoms with Crippen molar-refractivity contribution in [2.75, 3.05) is 19.6 Å². The molecule has 2 rings (SSSR count). The van der Waals surface area contributed by atoms with Gasteiger partial charge in [-0.1, -0.05) is 31.4 Å². The number of guanidine groups is 1. The number of hydrogen-bond acceptors (Lipinski definition) is 4. The highest BCUT2D eigenvalue weighted by Gasteiger charge is 2.15. The molecule has 0 radical (unpaired) electrons. The van der Waals surface area contributed by atoms with Gasteiger partial charge in [-0.3, -0.25) is 9.79 Å². The Kier molecular flexibility index (Phi) is 13.6. The molecule has 8 heteroatoms. The maximum absolute atomic E-state index is 12.1. The lowest BCUT2D eigenvalue weighted by Crippen LogP contribution is -2.41. The second-order valence-corrected chi connectivity index (χ2v) is 8.05. The van der Waals surface area contributed by atoms with Crippen molar-refractivity contribution in [2.24, 2.45) is 4.99 Å². The Bertz CT molecular complexity index is 661. The number of nitrogens with one attached hydrogen (secondary N) is 3. The SMILES string of the molecule is CCNC(=NCC(O)c1ccc(OC(C)C)cc1)NCCC(=O)NC1CCCCC1.I. The fraction of sp³-hybridized carbons (Fsp3) is 0.652. The van der Waals surface area contributed by atoms with Crippen LogP contribution in [0.2, 0.25) is 0 Å². The maximum Gasteiger partial charge on any atom is 0.221 e.